The summed E-state index contributed by atoms with van der Waals surface area (Å²) in [5.41, 5.74) is 0.854. The van der Waals surface area contributed by atoms with Crippen LogP contribution in [0.15, 0.2) is 12.3 Å². The van der Waals surface area contributed by atoms with Crippen molar-refractivity contribution in [1.82, 2.24) is 15.3 Å². The molecule has 1 aliphatic heterocycles. The van der Waals surface area contributed by atoms with E-state index in [9.17, 15) is 4.79 Å². The average molecular weight is 220 g/mol. The number of hydrogen-bond donors (Lipinski definition) is 1. The summed E-state index contributed by atoms with van der Waals surface area (Å²) in [6.07, 6.45) is 4.16. The van der Waals surface area contributed by atoms with Gasteiger partial charge in [0.05, 0.1) is 12.2 Å². The van der Waals surface area contributed by atoms with Crippen molar-refractivity contribution in [2.24, 2.45) is 0 Å². The number of carbonyl (C=O) groups is 1. The van der Waals surface area contributed by atoms with Crippen LogP contribution in [0.4, 0.5) is 5.95 Å². The van der Waals surface area contributed by atoms with Crippen molar-refractivity contribution in [2.75, 3.05) is 18.0 Å². The highest BCUT2D eigenvalue weighted by Gasteiger charge is 2.14. The van der Waals surface area contributed by atoms with Crippen LogP contribution in [0.5, 0.6) is 0 Å². The van der Waals surface area contributed by atoms with E-state index < -0.39 is 0 Å². The van der Waals surface area contributed by atoms with Crippen molar-refractivity contribution in [3.63, 3.8) is 0 Å². The quantitative estimate of drug-likeness (QED) is 0.815. The van der Waals surface area contributed by atoms with Crippen molar-refractivity contribution < 1.29 is 4.79 Å². The maximum Gasteiger partial charge on any atom is 0.225 e. The summed E-state index contributed by atoms with van der Waals surface area (Å²) in [7, 11) is 0. The van der Waals surface area contributed by atoms with Gasteiger partial charge in [-0.1, -0.05) is 0 Å². The molecule has 0 radical (unpaired) electrons. The molecular formula is C11H16N4O. The summed E-state index contributed by atoms with van der Waals surface area (Å²) < 4.78 is 0. The molecule has 0 saturated carbocycles. The second-order valence-electron chi connectivity index (χ2n) is 3.95. The lowest BCUT2D eigenvalue weighted by Crippen LogP contribution is -2.23. The number of carbonyl (C=O) groups excluding carboxylic acids is 1. The van der Waals surface area contributed by atoms with E-state index in [1.807, 2.05) is 6.07 Å². The summed E-state index contributed by atoms with van der Waals surface area (Å²) in [6, 6.07) is 1.83. The number of nitrogens with one attached hydrogen (secondary N) is 1. The number of hydrogen-bond acceptors (Lipinski definition) is 4. The molecular weight excluding hydrogens is 204 g/mol. The third-order valence-electron chi connectivity index (χ3n) is 2.61. The lowest BCUT2D eigenvalue weighted by atomic mass is 10.4. The first-order valence-corrected chi connectivity index (χ1v) is 5.57. The van der Waals surface area contributed by atoms with Gasteiger partial charge in [-0.25, -0.2) is 9.97 Å². The van der Waals surface area contributed by atoms with Gasteiger partial charge in [-0.05, 0) is 18.9 Å². The maximum atomic E-state index is 10.8. The van der Waals surface area contributed by atoms with E-state index in [1.54, 1.807) is 6.20 Å². The fourth-order valence-electron chi connectivity index (χ4n) is 1.77. The van der Waals surface area contributed by atoms with Crippen molar-refractivity contribution in [1.29, 1.82) is 0 Å². The maximum absolute atomic E-state index is 10.8. The van der Waals surface area contributed by atoms with E-state index in [4.69, 9.17) is 0 Å². The Hall–Kier alpha value is -1.65. The van der Waals surface area contributed by atoms with Crippen molar-refractivity contribution >= 4 is 11.9 Å². The van der Waals surface area contributed by atoms with Gasteiger partial charge in [0.1, 0.15) is 0 Å². The van der Waals surface area contributed by atoms with Gasteiger partial charge >= 0.3 is 0 Å². The minimum Gasteiger partial charge on any atom is -0.351 e. The predicted octanol–water partition coefficient (Wildman–Crippen LogP) is 0.713. The Kier molecular flexibility index (Phi) is 3.34. The molecule has 1 N–H and O–H groups in total. The van der Waals surface area contributed by atoms with Gasteiger partial charge in [-0.2, -0.15) is 0 Å². The monoisotopic (exact) mass is 220 g/mol. The Morgan fingerprint density at radius 1 is 1.50 bits per heavy atom. The van der Waals surface area contributed by atoms with Gasteiger partial charge in [0.2, 0.25) is 11.9 Å². The van der Waals surface area contributed by atoms with Crippen LogP contribution in [0.1, 0.15) is 25.5 Å². The lowest BCUT2D eigenvalue weighted by Gasteiger charge is -2.15. The zero-order valence-electron chi connectivity index (χ0n) is 9.44. The standard InChI is InChI=1S/C11H16N4O/c1-9(16)13-8-10-4-5-12-11(14-10)15-6-2-3-7-15/h4-5H,2-3,6-8H2,1H3,(H,13,16). The topological polar surface area (TPSA) is 58.1 Å². The minimum absolute atomic E-state index is 0.0404. The zero-order chi connectivity index (χ0) is 11.4. The largest absolute Gasteiger partial charge is 0.351 e. The summed E-state index contributed by atoms with van der Waals surface area (Å²) in [5.74, 6) is 0.738. The first-order chi connectivity index (χ1) is 7.75. The summed E-state index contributed by atoms with van der Waals surface area (Å²) in [4.78, 5) is 21.6. The summed E-state index contributed by atoms with van der Waals surface area (Å²) >= 11 is 0. The molecule has 2 rings (SSSR count). The Bertz CT molecular complexity index is 374. The van der Waals surface area contributed by atoms with E-state index in [2.05, 4.69) is 20.2 Å². The normalized spacial score (nSPS) is 15.2. The van der Waals surface area contributed by atoms with Crippen LogP contribution in [0.2, 0.25) is 0 Å². The molecule has 86 valence electrons. The van der Waals surface area contributed by atoms with Crippen LogP contribution in [0, 0.1) is 0 Å². The van der Waals surface area contributed by atoms with Crippen LogP contribution in [-0.4, -0.2) is 29.0 Å². The van der Waals surface area contributed by atoms with Gasteiger partial charge in [0.15, 0.2) is 0 Å². The van der Waals surface area contributed by atoms with Gasteiger partial charge < -0.3 is 10.2 Å². The first-order valence-electron chi connectivity index (χ1n) is 5.57. The molecule has 0 bridgehead atoms. The van der Waals surface area contributed by atoms with Gasteiger partial charge in [0, 0.05) is 26.2 Å². The molecule has 5 nitrogen and oxygen atoms in total. The second kappa shape index (κ2) is 4.92. The first kappa shape index (κ1) is 10.9. The Labute approximate surface area is 94.9 Å². The number of amides is 1. The zero-order valence-corrected chi connectivity index (χ0v) is 9.44. The van der Waals surface area contributed by atoms with Crippen LogP contribution in [0.3, 0.4) is 0 Å². The van der Waals surface area contributed by atoms with Crippen LogP contribution < -0.4 is 10.2 Å². The number of anilines is 1. The van der Waals surface area contributed by atoms with Gasteiger partial charge in [0.25, 0.3) is 0 Å². The van der Waals surface area contributed by atoms with Crippen LogP contribution in [-0.2, 0) is 11.3 Å². The highest BCUT2D eigenvalue weighted by Crippen LogP contribution is 2.14. The van der Waals surface area contributed by atoms with E-state index in [0.29, 0.717) is 6.54 Å². The molecule has 1 saturated heterocycles. The molecule has 1 aromatic rings. The Morgan fingerprint density at radius 2 is 2.25 bits per heavy atom. The predicted molar refractivity (Wildman–Crippen MR) is 61.0 cm³/mol. The molecule has 1 aliphatic rings. The van der Waals surface area contributed by atoms with E-state index >= 15 is 0 Å². The minimum atomic E-state index is -0.0404. The highest BCUT2D eigenvalue weighted by atomic mass is 16.1. The molecule has 0 aromatic carbocycles. The third kappa shape index (κ3) is 2.68. The summed E-state index contributed by atoms with van der Waals surface area (Å²) in [6.45, 7) is 4.04. The molecule has 0 aliphatic carbocycles. The van der Waals surface area contributed by atoms with Crippen LogP contribution in [0.25, 0.3) is 0 Å². The lowest BCUT2D eigenvalue weighted by molar-refractivity contribution is -0.119. The van der Waals surface area contributed by atoms with Crippen molar-refractivity contribution in [3.05, 3.63) is 18.0 Å². The molecule has 16 heavy (non-hydrogen) atoms. The van der Waals surface area contributed by atoms with Crippen LogP contribution >= 0.6 is 0 Å². The van der Waals surface area contributed by atoms with E-state index in [0.717, 1.165) is 24.7 Å². The van der Waals surface area contributed by atoms with E-state index in [-0.39, 0.29) is 5.91 Å². The molecule has 1 aromatic heterocycles. The molecule has 1 amide bonds. The number of nitrogens with zero attached hydrogens (tertiary/aromatic N) is 3. The fourth-order valence-corrected chi connectivity index (χ4v) is 1.77. The molecule has 0 unspecified atom stereocenters. The number of rotatable bonds is 3. The smallest absolute Gasteiger partial charge is 0.225 e. The fraction of sp³-hybridized carbons (Fsp3) is 0.545. The number of aromatic nitrogens is 2. The van der Waals surface area contributed by atoms with E-state index in [1.165, 1.54) is 19.8 Å². The molecule has 5 heteroatoms. The molecule has 2 heterocycles. The van der Waals surface area contributed by atoms with Gasteiger partial charge in [-0.3, -0.25) is 4.79 Å². The molecule has 0 atom stereocenters. The Balaban J connectivity index is 2.03. The average Bonchev–Trinajstić information content (AvgIpc) is 2.80. The third-order valence-corrected chi connectivity index (χ3v) is 2.61. The van der Waals surface area contributed by atoms with Crippen molar-refractivity contribution in [2.45, 2.75) is 26.3 Å². The molecule has 1 fully saturated rings. The Morgan fingerprint density at radius 3 is 2.94 bits per heavy atom. The second-order valence-corrected chi connectivity index (χ2v) is 3.95. The van der Waals surface area contributed by atoms with Crippen molar-refractivity contribution in [3.8, 4) is 0 Å². The SMILES string of the molecule is CC(=O)NCc1ccnc(N2CCCC2)n1. The van der Waals surface area contributed by atoms with Gasteiger partial charge in [-0.15, -0.1) is 0 Å². The molecule has 0 spiro atoms. The highest BCUT2D eigenvalue weighted by molar-refractivity contribution is 5.72. The summed E-state index contributed by atoms with van der Waals surface area (Å²) in [5, 5.41) is 2.73.